The number of para-hydroxylation sites is 1. The molecule has 0 aliphatic rings. The fourth-order valence-electron chi connectivity index (χ4n) is 0.795. The highest BCUT2D eigenvalue weighted by Crippen LogP contribution is 2.13. The van der Waals surface area contributed by atoms with Gasteiger partial charge in [-0.1, -0.05) is 34.7 Å². The van der Waals surface area contributed by atoms with Crippen LogP contribution >= 0.6 is 22.6 Å². The smallest absolute Gasteiger partial charge is 0.237 e. The average molecular weight is 293 g/mol. The third-order valence-corrected chi connectivity index (χ3v) is 2.06. The summed E-state index contributed by atoms with van der Waals surface area (Å²) in [5.41, 5.74) is 0.232. The van der Waals surface area contributed by atoms with Gasteiger partial charge in [0.05, 0.1) is 9.61 Å². The Morgan fingerprint density at radius 2 is 2.15 bits per heavy atom. The fraction of sp³-hybridized carbons (Fsp3) is 0.222. The van der Waals surface area contributed by atoms with Crippen molar-refractivity contribution in [2.75, 3.05) is 5.32 Å². The Hall–Kier alpha value is -0.650. The molecule has 13 heavy (non-hydrogen) atoms. The van der Waals surface area contributed by atoms with Crippen LogP contribution in [0, 0.1) is 5.82 Å². The second-order valence-electron chi connectivity index (χ2n) is 2.59. The molecule has 0 aromatic heterocycles. The number of benzene rings is 1. The summed E-state index contributed by atoms with van der Waals surface area (Å²) in [7, 11) is 0. The van der Waals surface area contributed by atoms with Gasteiger partial charge in [-0.2, -0.15) is 0 Å². The Morgan fingerprint density at radius 3 is 2.69 bits per heavy atom. The molecule has 0 heterocycles. The van der Waals surface area contributed by atoms with Gasteiger partial charge in [-0.3, -0.25) is 4.79 Å². The second kappa shape index (κ2) is 4.55. The summed E-state index contributed by atoms with van der Waals surface area (Å²) >= 11 is 1.97. The van der Waals surface area contributed by atoms with E-state index in [1.165, 1.54) is 12.1 Å². The van der Waals surface area contributed by atoms with Crippen molar-refractivity contribution in [3.8, 4) is 0 Å². The number of rotatable bonds is 2. The van der Waals surface area contributed by atoms with Crippen LogP contribution in [0.1, 0.15) is 6.92 Å². The number of hydrogen-bond donors (Lipinski definition) is 1. The van der Waals surface area contributed by atoms with E-state index in [2.05, 4.69) is 5.32 Å². The van der Waals surface area contributed by atoms with Crippen LogP contribution < -0.4 is 5.32 Å². The second-order valence-corrected chi connectivity index (χ2v) is 4.45. The molecule has 1 atom stereocenters. The van der Waals surface area contributed by atoms with Crippen LogP contribution in [0.2, 0.25) is 0 Å². The summed E-state index contributed by atoms with van der Waals surface area (Å²) in [6.45, 7) is 1.75. The lowest BCUT2D eigenvalue weighted by atomic mass is 10.3. The van der Waals surface area contributed by atoms with Gasteiger partial charge >= 0.3 is 0 Å². The van der Waals surface area contributed by atoms with Crippen LogP contribution in [0.3, 0.4) is 0 Å². The van der Waals surface area contributed by atoms with E-state index >= 15 is 0 Å². The normalized spacial score (nSPS) is 12.2. The maximum Gasteiger partial charge on any atom is 0.237 e. The first-order chi connectivity index (χ1) is 6.11. The van der Waals surface area contributed by atoms with E-state index < -0.39 is 5.82 Å². The van der Waals surface area contributed by atoms with Gasteiger partial charge in [-0.15, -0.1) is 0 Å². The Kier molecular flexibility index (Phi) is 3.65. The zero-order valence-electron chi connectivity index (χ0n) is 7.05. The monoisotopic (exact) mass is 293 g/mol. The first-order valence-corrected chi connectivity index (χ1v) is 5.05. The molecule has 1 rings (SSSR count). The van der Waals surface area contributed by atoms with Gasteiger partial charge in [0.1, 0.15) is 5.82 Å². The molecule has 0 fully saturated rings. The van der Waals surface area contributed by atoms with Gasteiger partial charge < -0.3 is 5.32 Å². The predicted octanol–water partition coefficient (Wildman–Crippen LogP) is 2.59. The largest absolute Gasteiger partial charge is 0.323 e. The molecule has 0 unspecified atom stereocenters. The predicted molar refractivity (Wildman–Crippen MR) is 58.5 cm³/mol. The van der Waals surface area contributed by atoms with E-state index in [1.807, 2.05) is 22.6 Å². The molecule has 1 amide bonds. The molecule has 1 aromatic carbocycles. The fourth-order valence-corrected chi connectivity index (χ4v) is 0.950. The molecule has 0 aliphatic carbocycles. The maximum absolute atomic E-state index is 13.0. The molecule has 4 heteroatoms. The first kappa shape index (κ1) is 10.4. The number of carbonyl (C=O) groups is 1. The lowest BCUT2D eigenvalue weighted by Crippen LogP contribution is -2.20. The summed E-state index contributed by atoms with van der Waals surface area (Å²) in [4.78, 5) is 11.2. The van der Waals surface area contributed by atoms with E-state index in [9.17, 15) is 9.18 Å². The molecule has 2 nitrogen and oxygen atoms in total. The molecule has 1 aromatic rings. The highest BCUT2D eigenvalue weighted by Gasteiger charge is 2.10. The van der Waals surface area contributed by atoms with Crippen molar-refractivity contribution in [1.82, 2.24) is 0 Å². The van der Waals surface area contributed by atoms with Crippen molar-refractivity contribution in [3.05, 3.63) is 30.1 Å². The molecule has 0 saturated carbocycles. The Bertz CT molecular complexity index is 314. The number of anilines is 1. The van der Waals surface area contributed by atoms with E-state index in [1.54, 1.807) is 19.1 Å². The average Bonchev–Trinajstić information content (AvgIpc) is 2.08. The summed E-state index contributed by atoms with van der Waals surface area (Å²) in [5.74, 6) is -0.599. The Morgan fingerprint density at radius 1 is 1.54 bits per heavy atom. The van der Waals surface area contributed by atoms with E-state index in [0.29, 0.717) is 0 Å². The van der Waals surface area contributed by atoms with Crippen LogP contribution in [0.15, 0.2) is 24.3 Å². The van der Waals surface area contributed by atoms with Gasteiger partial charge in [0.25, 0.3) is 0 Å². The number of amides is 1. The van der Waals surface area contributed by atoms with Crippen molar-refractivity contribution in [2.45, 2.75) is 10.8 Å². The third-order valence-electron chi connectivity index (χ3n) is 1.49. The van der Waals surface area contributed by atoms with Crippen LogP contribution in [-0.4, -0.2) is 9.83 Å². The molecule has 0 spiro atoms. The van der Waals surface area contributed by atoms with Crippen molar-refractivity contribution >= 4 is 34.2 Å². The first-order valence-electron chi connectivity index (χ1n) is 3.80. The lowest BCUT2D eigenvalue weighted by molar-refractivity contribution is -0.115. The molecular formula is C9H9FINO. The Balaban J connectivity index is 2.75. The van der Waals surface area contributed by atoms with Crippen LogP contribution in [0.25, 0.3) is 0 Å². The minimum Gasteiger partial charge on any atom is -0.323 e. The summed E-state index contributed by atoms with van der Waals surface area (Å²) < 4.78 is 12.8. The van der Waals surface area contributed by atoms with Crippen LogP contribution in [0.5, 0.6) is 0 Å². The summed E-state index contributed by atoms with van der Waals surface area (Å²) in [6, 6.07) is 6.11. The van der Waals surface area contributed by atoms with Crippen molar-refractivity contribution < 1.29 is 9.18 Å². The highest BCUT2D eigenvalue weighted by molar-refractivity contribution is 14.1. The third kappa shape index (κ3) is 2.95. The Labute approximate surface area is 89.7 Å². The van der Waals surface area contributed by atoms with Crippen molar-refractivity contribution in [1.29, 1.82) is 0 Å². The number of hydrogen-bond acceptors (Lipinski definition) is 1. The molecule has 0 radical (unpaired) electrons. The standard InChI is InChI=1S/C9H9FINO/c1-6(11)9(13)12-8-5-3-2-4-7(8)10/h2-6H,1H3,(H,12,13)/t6-/m0/s1. The summed E-state index contributed by atoms with van der Waals surface area (Å²) in [5, 5.41) is 2.49. The van der Waals surface area contributed by atoms with Crippen LogP contribution in [-0.2, 0) is 4.79 Å². The maximum atomic E-state index is 13.0. The number of carbonyl (C=O) groups excluding carboxylic acids is 1. The van der Waals surface area contributed by atoms with Crippen molar-refractivity contribution in [2.24, 2.45) is 0 Å². The number of halogens is 2. The molecule has 70 valence electrons. The number of alkyl halides is 1. The van der Waals surface area contributed by atoms with Crippen LogP contribution in [0.4, 0.5) is 10.1 Å². The molecule has 0 aliphatic heterocycles. The number of nitrogens with one attached hydrogen (secondary N) is 1. The molecule has 0 saturated heterocycles. The highest BCUT2D eigenvalue weighted by atomic mass is 127. The van der Waals surface area contributed by atoms with E-state index in [-0.39, 0.29) is 15.5 Å². The SMILES string of the molecule is C[C@H](I)C(=O)Nc1ccccc1F. The van der Waals surface area contributed by atoms with Gasteiger partial charge in [0.15, 0.2) is 0 Å². The van der Waals surface area contributed by atoms with E-state index in [4.69, 9.17) is 0 Å². The van der Waals surface area contributed by atoms with Crippen molar-refractivity contribution in [3.63, 3.8) is 0 Å². The zero-order chi connectivity index (χ0) is 9.84. The van der Waals surface area contributed by atoms with Gasteiger partial charge in [-0.05, 0) is 19.1 Å². The minimum atomic E-state index is -0.409. The van der Waals surface area contributed by atoms with Gasteiger partial charge in [-0.25, -0.2) is 4.39 Å². The zero-order valence-corrected chi connectivity index (χ0v) is 9.21. The topological polar surface area (TPSA) is 29.1 Å². The van der Waals surface area contributed by atoms with Gasteiger partial charge in [0, 0.05) is 0 Å². The quantitative estimate of drug-likeness (QED) is 0.659. The lowest BCUT2D eigenvalue weighted by Gasteiger charge is -2.06. The van der Waals surface area contributed by atoms with Gasteiger partial charge in [0.2, 0.25) is 5.91 Å². The molecule has 0 bridgehead atoms. The van der Waals surface area contributed by atoms with E-state index in [0.717, 1.165) is 0 Å². The summed E-state index contributed by atoms with van der Waals surface area (Å²) in [6.07, 6.45) is 0. The minimum absolute atomic E-state index is 0.169. The molecule has 1 N–H and O–H groups in total. The molecular weight excluding hydrogens is 284 g/mol.